The second kappa shape index (κ2) is 7.22. The van der Waals surface area contributed by atoms with Crippen LogP contribution < -0.4 is 10.2 Å². The van der Waals surface area contributed by atoms with Crippen molar-refractivity contribution >= 4 is 11.6 Å². The maximum absolute atomic E-state index is 13.0. The van der Waals surface area contributed by atoms with Gasteiger partial charge in [0.25, 0.3) is 5.91 Å². The zero-order chi connectivity index (χ0) is 17.9. The molecule has 25 heavy (non-hydrogen) atoms. The summed E-state index contributed by atoms with van der Waals surface area (Å²) in [7, 11) is 0. The molecule has 1 aliphatic heterocycles. The van der Waals surface area contributed by atoms with Crippen molar-refractivity contribution in [2.45, 2.75) is 25.4 Å². The van der Waals surface area contributed by atoms with Gasteiger partial charge in [-0.1, -0.05) is 0 Å². The van der Waals surface area contributed by atoms with E-state index < -0.39 is 11.7 Å². The first kappa shape index (κ1) is 17.4. The van der Waals surface area contributed by atoms with Crippen LogP contribution >= 0.6 is 0 Å². The zero-order valence-corrected chi connectivity index (χ0v) is 13.5. The van der Waals surface area contributed by atoms with E-state index in [4.69, 9.17) is 0 Å². The van der Waals surface area contributed by atoms with Crippen LogP contribution in [0.25, 0.3) is 5.69 Å². The monoisotopic (exact) mass is 354 g/mol. The number of benzene rings is 1. The van der Waals surface area contributed by atoms with E-state index in [1.807, 2.05) is 0 Å². The van der Waals surface area contributed by atoms with Crippen molar-refractivity contribution in [3.05, 3.63) is 36.4 Å². The lowest BCUT2D eigenvalue weighted by atomic mass is 10.1. The predicted molar refractivity (Wildman–Crippen MR) is 84.4 cm³/mol. The van der Waals surface area contributed by atoms with Crippen molar-refractivity contribution in [1.82, 2.24) is 14.8 Å². The molecule has 0 radical (unpaired) electrons. The molecule has 0 unspecified atom stereocenters. The molecule has 0 saturated carbocycles. The van der Waals surface area contributed by atoms with E-state index in [1.165, 1.54) is 23.4 Å². The Morgan fingerprint density at radius 1 is 1.24 bits per heavy atom. The van der Waals surface area contributed by atoms with Gasteiger partial charge in [0.15, 0.2) is 6.54 Å². The number of carbonyl (C=O) groups excluding carboxylic acids is 1. The van der Waals surface area contributed by atoms with Gasteiger partial charge in [0.2, 0.25) is 0 Å². The van der Waals surface area contributed by atoms with E-state index in [-0.39, 0.29) is 18.1 Å². The van der Waals surface area contributed by atoms with E-state index in [0.29, 0.717) is 5.69 Å². The SMILES string of the molecule is O=C(C[NH+]1CCCCC1)Nc1cc(C(F)(F)F)ccc1-n1cncn1. The van der Waals surface area contributed by atoms with Gasteiger partial charge in [-0.15, -0.1) is 0 Å². The molecule has 1 amide bonds. The minimum atomic E-state index is -4.49. The van der Waals surface area contributed by atoms with Crippen molar-refractivity contribution in [2.75, 3.05) is 25.0 Å². The maximum atomic E-state index is 13.0. The van der Waals surface area contributed by atoms with Crippen LogP contribution in [0.15, 0.2) is 30.9 Å². The summed E-state index contributed by atoms with van der Waals surface area (Å²) in [5.41, 5.74) is -0.411. The number of halogens is 3. The van der Waals surface area contributed by atoms with Crippen molar-refractivity contribution < 1.29 is 22.9 Å². The number of hydrogen-bond donors (Lipinski definition) is 2. The Hall–Kier alpha value is -2.42. The molecule has 1 fully saturated rings. The van der Waals surface area contributed by atoms with Gasteiger partial charge >= 0.3 is 6.18 Å². The Kier molecular flexibility index (Phi) is 5.03. The fourth-order valence-electron chi connectivity index (χ4n) is 2.99. The first-order valence-electron chi connectivity index (χ1n) is 8.13. The number of likely N-dealkylation sites (tertiary alicyclic amines) is 1. The highest BCUT2D eigenvalue weighted by Crippen LogP contribution is 2.33. The van der Waals surface area contributed by atoms with Gasteiger partial charge < -0.3 is 10.2 Å². The number of piperidine rings is 1. The molecule has 0 atom stereocenters. The van der Waals surface area contributed by atoms with Gasteiger partial charge in [-0.2, -0.15) is 18.3 Å². The Morgan fingerprint density at radius 3 is 2.64 bits per heavy atom. The topological polar surface area (TPSA) is 64.2 Å². The Morgan fingerprint density at radius 2 is 2.00 bits per heavy atom. The molecule has 134 valence electrons. The molecule has 2 N–H and O–H groups in total. The molecule has 2 aromatic rings. The van der Waals surface area contributed by atoms with Gasteiger partial charge in [-0.05, 0) is 37.5 Å². The number of aromatic nitrogens is 3. The van der Waals surface area contributed by atoms with Gasteiger partial charge in [0.05, 0.1) is 30.0 Å². The molecule has 0 aliphatic carbocycles. The summed E-state index contributed by atoms with van der Waals surface area (Å²) in [4.78, 5) is 17.3. The third-order valence-corrected chi connectivity index (χ3v) is 4.23. The summed E-state index contributed by atoms with van der Waals surface area (Å²) in [5.74, 6) is -0.308. The van der Waals surface area contributed by atoms with E-state index in [2.05, 4.69) is 15.4 Å². The normalized spacial score (nSPS) is 16.0. The average Bonchev–Trinajstić information content (AvgIpc) is 3.09. The number of hydrogen-bond acceptors (Lipinski definition) is 3. The first-order valence-corrected chi connectivity index (χ1v) is 8.13. The van der Waals surface area contributed by atoms with E-state index >= 15 is 0 Å². The number of anilines is 1. The molecule has 2 heterocycles. The molecule has 6 nitrogen and oxygen atoms in total. The molecule has 0 spiro atoms. The quantitative estimate of drug-likeness (QED) is 0.870. The van der Waals surface area contributed by atoms with E-state index in [1.54, 1.807) is 0 Å². The van der Waals surface area contributed by atoms with Crippen LogP contribution in [0.3, 0.4) is 0 Å². The number of rotatable bonds is 4. The number of nitrogens with zero attached hydrogens (tertiary/aromatic N) is 3. The van der Waals surface area contributed by atoms with Gasteiger partial charge in [0.1, 0.15) is 12.7 Å². The van der Waals surface area contributed by atoms with Gasteiger partial charge in [-0.3, -0.25) is 4.79 Å². The Balaban J connectivity index is 1.82. The highest BCUT2D eigenvalue weighted by Gasteiger charge is 2.31. The lowest BCUT2D eigenvalue weighted by molar-refractivity contribution is -0.896. The van der Waals surface area contributed by atoms with Gasteiger partial charge in [-0.25, -0.2) is 9.67 Å². The second-order valence-electron chi connectivity index (χ2n) is 6.11. The molecule has 1 aromatic heterocycles. The van der Waals surface area contributed by atoms with E-state index in [9.17, 15) is 18.0 Å². The van der Waals surface area contributed by atoms with Crippen molar-refractivity contribution in [3.8, 4) is 5.69 Å². The smallest absolute Gasteiger partial charge is 0.327 e. The zero-order valence-electron chi connectivity index (χ0n) is 13.5. The lowest BCUT2D eigenvalue weighted by Crippen LogP contribution is -3.13. The molecular weight excluding hydrogens is 335 g/mol. The van der Waals surface area contributed by atoms with Crippen molar-refractivity contribution in [2.24, 2.45) is 0 Å². The minimum Gasteiger partial charge on any atom is -0.327 e. The van der Waals surface area contributed by atoms with Crippen LogP contribution in [-0.4, -0.2) is 40.3 Å². The van der Waals surface area contributed by atoms with E-state index in [0.717, 1.165) is 49.4 Å². The van der Waals surface area contributed by atoms with Crippen LogP contribution in [0.5, 0.6) is 0 Å². The van der Waals surface area contributed by atoms with Gasteiger partial charge in [0, 0.05) is 0 Å². The van der Waals surface area contributed by atoms with Crippen LogP contribution in [0.1, 0.15) is 24.8 Å². The van der Waals surface area contributed by atoms with Crippen LogP contribution in [0.4, 0.5) is 18.9 Å². The molecule has 0 bridgehead atoms. The van der Waals surface area contributed by atoms with Crippen LogP contribution in [0, 0.1) is 0 Å². The third-order valence-electron chi connectivity index (χ3n) is 4.23. The molecule has 1 aromatic carbocycles. The van der Waals surface area contributed by atoms with Crippen LogP contribution in [-0.2, 0) is 11.0 Å². The summed E-state index contributed by atoms with van der Waals surface area (Å²) in [6, 6.07) is 3.17. The first-order chi connectivity index (χ1) is 11.9. The summed E-state index contributed by atoms with van der Waals surface area (Å²) in [6.45, 7) is 2.06. The number of amides is 1. The van der Waals surface area contributed by atoms with Crippen molar-refractivity contribution in [1.29, 1.82) is 0 Å². The minimum absolute atomic E-state index is 0.0711. The predicted octanol–water partition coefficient (Wildman–Crippen LogP) is 1.29. The summed E-state index contributed by atoms with van der Waals surface area (Å²) >= 11 is 0. The number of carbonyl (C=O) groups is 1. The second-order valence-corrected chi connectivity index (χ2v) is 6.11. The summed E-state index contributed by atoms with van der Waals surface area (Å²) in [5, 5.41) is 6.54. The average molecular weight is 354 g/mol. The maximum Gasteiger partial charge on any atom is 0.416 e. The number of alkyl halides is 3. The Bertz CT molecular complexity index is 724. The number of quaternary nitrogens is 1. The molecule has 9 heteroatoms. The fourth-order valence-corrected chi connectivity index (χ4v) is 2.99. The largest absolute Gasteiger partial charge is 0.416 e. The highest BCUT2D eigenvalue weighted by atomic mass is 19.4. The molecule has 3 rings (SSSR count). The lowest BCUT2D eigenvalue weighted by Gasteiger charge is -2.23. The molecular formula is C16H19F3N5O+. The summed E-state index contributed by atoms with van der Waals surface area (Å²) in [6.07, 6.45) is 1.45. The third kappa shape index (κ3) is 4.36. The molecule has 1 saturated heterocycles. The van der Waals surface area contributed by atoms with Crippen molar-refractivity contribution in [3.63, 3.8) is 0 Å². The highest BCUT2D eigenvalue weighted by molar-refractivity contribution is 5.93. The standard InChI is InChI=1S/C16H18F3N5O/c17-16(18,19)12-4-5-14(24-11-20-10-21-24)13(8-12)22-15(25)9-23-6-2-1-3-7-23/h4-5,8,10-11H,1-3,6-7,9H2,(H,22,25)/p+1. The fraction of sp³-hybridized carbons (Fsp3) is 0.438. The molecule has 1 aliphatic rings. The van der Waals surface area contributed by atoms with Crippen LogP contribution in [0.2, 0.25) is 0 Å². The number of nitrogens with one attached hydrogen (secondary N) is 2. The summed E-state index contributed by atoms with van der Waals surface area (Å²) < 4.78 is 40.3. The Labute approximate surface area is 142 Å².